The lowest BCUT2D eigenvalue weighted by molar-refractivity contribution is -0.362. The van der Waals surface area contributed by atoms with Crippen LogP contribution in [0, 0.1) is 0 Å². The third-order valence-corrected chi connectivity index (χ3v) is 7.59. The largest absolute Gasteiger partial charge is 0.218 e. The van der Waals surface area contributed by atoms with Gasteiger partial charge in [0.15, 0.2) is 6.20 Å². The highest BCUT2D eigenvalue weighted by Gasteiger charge is 2.35. The molecule has 0 fully saturated rings. The molecular weight excluding hydrogens is 398 g/mol. The zero-order chi connectivity index (χ0) is 22.2. The molecule has 156 valence electrons. The normalized spacial score (nSPS) is 14.0. The molecule has 1 heteroatoms. The average Bonchev–Trinajstić information content (AvgIpc) is 3.09. The zero-order valence-electron chi connectivity index (χ0n) is 18.8. The summed E-state index contributed by atoms with van der Waals surface area (Å²) < 4.78 is 0. The zero-order valence-corrected chi connectivity index (χ0v) is 18.8. The highest BCUT2D eigenvalue weighted by atomic mass is 14.7. The first-order chi connectivity index (χ1) is 16.1. The number of fused-ring (bicyclic) bond motifs is 8. The van der Waals surface area contributed by atoms with Crippen molar-refractivity contribution >= 4 is 32.3 Å². The van der Waals surface area contributed by atoms with E-state index in [4.69, 9.17) is 0 Å². The molecule has 0 bridgehead atoms. The molecule has 7 rings (SSSR count). The molecule has 0 amide bonds. The molecule has 0 unspecified atom stereocenters. The van der Waals surface area contributed by atoms with Crippen LogP contribution in [-0.2, 0) is 5.41 Å². The van der Waals surface area contributed by atoms with Crippen molar-refractivity contribution in [3.8, 4) is 22.4 Å². The van der Waals surface area contributed by atoms with Crippen molar-refractivity contribution in [1.29, 1.82) is 0 Å². The highest BCUT2D eigenvalue weighted by molar-refractivity contribution is 6.18. The van der Waals surface area contributed by atoms with Gasteiger partial charge in [-0.25, -0.2) is 4.98 Å². The van der Waals surface area contributed by atoms with Crippen LogP contribution in [0.15, 0.2) is 103 Å². The summed E-state index contributed by atoms with van der Waals surface area (Å²) in [5.41, 5.74) is 7.95. The first-order valence-corrected chi connectivity index (χ1v) is 11.6. The first kappa shape index (κ1) is 18.6. The maximum atomic E-state index is 3.57. The van der Waals surface area contributed by atoms with Gasteiger partial charge in [-0.15, -0.1) is 0 Å². The van der Waals surface area contributed by atoms with E-state index in [9.17, 15) is 0 Å². The molecule has 33 heavy (non-hydrogen) atoms. The Bertz CT molecular complexity index is 1740. The van der Waals surface area contributed by atoms with Gasteiger partial charge in [0.25, 0.3) is 0 Å². The lowest BCUT2D eigenvalue weighted by Crippen LogP contribution is -2.15. The fraction of sp³-hybridized carbons (Fsp3) is 0.0938. The topological polar surface area (TPSA) is 14.1 Å². The van der Waals surface area contributed by atoms with E-state index in [0.717, 1.165) is 0 Å². The third-order valence-electron chi connectivity index (χ3n) is 7.59. The van der Waals surface area contributed by atoms with Crippen LogP contribution in [0.5, 0.6) is 0 Å². The number of pyridine rings is 1. The van der Waals surface area contributed by atoms with Crippen LogP contribution in [-0.4, -0.2) is 0 Å². The van der Waals surface area contributed by atoms with Crippen LogP contribution in [0.3, 0.4) is 0 Å². The molecule has 0 saturated heterocycles. The number of hydrogen-bond acceptors (Lipinski definition) is 0. The SMILES string of the molecule is CC1(C)c2ccccc2-c2ccc(-c3[nH+]ccc4c3ccc3c5ccccc5ccc43)cc21. The average molecular weight is 423 g/mol. The summed E-state index contributed by atoms with van der Waals surface area (Å²) in [5, 5.41) is 7.75. The molecule has 1 heterocycles. The molecule has 0 atom stereocenters. The van der Waals surface area contributed by atoms with Gasteiger partial charge < -0.3 is 0 Å². The number of nitrogens with one attached hydrogen (secondary N) is 1. The lowest BCUT2D eigenvalue weighted by atomic mass is 9.81. The van der Waals surface area contributed by atoms with Crippen molar-refractivity contribution < 1.29 is 4.98 Å². The summed E-state index contributed by atoms with van der Waals surface area (Å²) in [6.07, 6.45) is 2.08. The predicted octanol–water partition coefficient (Wildman–Crippen LogP) is 7.93. The van der Waals surface area contributed by atoms with E-state index in [-0.39, 0.29) is 5.41 Å². The maximum Gasteiger partial charge on any atom is 0.218 e. The Labute approximate surface area is 193 Å². The predicted molar refractivity (Wildman–Crippen MR) is 139 cm³/mol. The van der Waals surface area contributed by atoms with E-state index in [0.29, 0.717) is 0 Å². The van der Waals surface area contributed by atoms with Gasteiger partial charge >= 0.3 is 0 Å². The molecule has 0 saturated carbocycles. The van der Waals surface area contributed by atoms with Gasteiger partial charge in [-0.05, 0) is 62.0 Å². The second kappa shape index (κ2) is 6.52. The molecule has 1 N–H and O–H groups in total. The standard InChI is InChI=1S/C32H23N/c1-32(2)29-10-6-5-9-26(29)27-14-12-21(19-30(27)32)31-28-16-15-23-22-8-4-3-7-20(22)11-13-24(23)25(28)17-18-33-31/h3-19H,1-2H3/p+1. The van der Waals surface area contributed by atoms with Crippen LogP contribution >= 0.6 is 0 Å². The highest BCUT2D eigenvalue weighted by Crippen LogP contribution is 2.49. The van der Waals surface area contributed by atoms with Gasteiger partial charge in [-0.3, -0.25) is 0 Å². The van der Waals surface area contributed by atoms with Gasteiger partial charge in [0, 0.05) is 22.4 Å². The Kier molecular flexibility index (Phi) is 3.67. The molecule has 1 aromatic heterocycles. The lowest BCUT2D eigenvalue weighted by Gasteiger charge is -2.21. The van der Waals surface area contributed by atoms with Crippen molar-refractivity contribution in [3.63, 3.8) is 0 Å². The molecule has 1 aliphatic rings. The summed E-state index contributed by atoms with van der Waals surface area (Å²) in [4.78, 5) is 3.57. The molecule has 0 aliphatic heterocycles. The van der Waals surface area contributed by atoms with Crippen molar-refractivity contribution in [1.82, 2.24) is 0 Å². The Hall–Kier alpha value is -3.97. The summed E-state index contributed by atoms with van der Waals surface area (Å²) >= 11 is 0. The fourth-order valence-corrected chi connectivity index (χ4v) is 5.89. The molecular formula is C32H24N+. The number of rotatable bonds is 1. The summed E-state index contributed by atoms with van der Waals surface area (Å²) in [6, 6.07) is 35.7. The molecule has 0 radical (unpaired) electrons. The number of H-pyrrole nitrogens is 1. The summed E-state index contributed by atoms with van der Waals surface area (Å²) in [5.74, 6) is 0. The van der Waals surface area contributed by atoms with Crippen LogP contribution in [0.2, 0.25) is 0 Å². The molecule has 1 nitrogen and oxygen atoms in total. The van der Waals surface area contributed by atoms with Crippen molar-refractivity contribution in [2.75, 3.05) is 0 Å². The fourth-order valence-electron chi connectivity index (χ4n) is 5.89. The van der Waals surface area contributed by atoms with Gasteiger partial charge in [-0.2, -0.15) is 0 Å². The van der Waals surface area contributed by atoms with E-state index in [1.807, 2.05) is 0 Å². The second-order valence-corrected chi connectivity index (χ2v) is 9.69. The van der Waals surface area contributed by atoms with Crippen LogP contribution in [0.25, 0.3) is 54.7 Å². The summed E-state index contributed by atoms with van der Waals surface area (Å²) in [6.45, 7) is 4.68. The van der Waals surface area contributed by atoms with Gasteiger partial charge in [0.1, 0.15) is 0 Å². The number of aromatic nitrogens is 1. The minimum absolute atomic E-state index is 0.00185. The third kappa shape index (κ3) is 2.51. The van der Waals surface area contributed by atoms with Crippen LogP contribution < -0.4 is 4.98 Å². The van der Waals surface area contributed by atoms with Gasteiger partial charge in [0.2, 0.25) is 5.69 Å². The molecule has 0 spiro atoms. The van der Waals surface area contributed by atoms with Crippen LogP contribution in [0.4, 0.5) is 0 Å². The minimum Gasteiger partial charge on any atom is -0.211 e. The number of aromatic amines is 1. The summed E-state index contributed by atoms with van der Waals surface area (Å²) in [7, 11) is 0. The van der Waals surface area contributed by atoms with Crippen molar-refractivity contribution in [3.05, 3.63) is 114 Å². The Balaban J connectivity index is 1.47. The van der Waals surface area contributed by atoms with E-state index < -0.39 is 0 Å². The number of hydrogen-bond donors (Lipinski definition) is 0. The smallest absolute Gasteiger partial charge is 0.211 e. The van der Waals surface area contributed by atoms with Crippen molar-refractivity contribution in [2.24, 2.45) is 0 Å². The Morgan fingerprint density at radius 2 is 1.24 bits per heavy atom. The number of benzene rings is 5. The van der Waals surface area contributed by atoms with Gasteiger partial charge in [-0.1, -0.05) is 86.6 Å². The van der Waals surface area contributed by atoms with E-state index >= 15 is 0 Å². The van der Waals surface area contributed by atoms with Crippen LogP contribution in [0.1, 0.15) is 25.0 Å². The maximum absolute atomic E-state index is 3.57. The Morgan fingerprint density at radius 1 is 0.545 bits per heavy atom. The monoisotopic (exact) mass is 422 g/mol. The van der Waals surface area contributed by atoms with Gasteiger partial charge in [0.05, 0.1) is 5.39 Å². The molecule has 6 aromatic rings. The first-order valence-electron chi connectivity index (χ1n) is 11.6. The van der Waals surface area contributed by atoms with Crippen molar-refractivity contribution in [2.45, 2.75) is 19.3 Å². The van der Waals surface area contributed by atoms with E-state index in [1.165, 1.54) is 65.8 Å². The van der Waals surface area contributed by atoms with E-state index in [1.54, 1.807) is 0 Å². The Morgan fingerprint density at radius 3 is 2.18 bits per heavy atom. The molecule has 5 aromatic carbocycles. The quantitative estimate of drug-likeness (QED) is 0.239. The van der Waals surface area contributed by atoms with E-state index in [2.05, 4.69) is 122 Å². The second-order valence-electron chi connectivity index (χ2n) is 9.69. The minimum atomic E-state index is -0.00185. The molecule has 1 aliphatic carbocycles.